The molecule has 0 heterocycles. The number of carbonyl (C=O) groups excluding carboxylic acids is 1. The fourth-order valence-corrected chi connectivity index (χ4v) is 2.93. The van der Waals surface area contributed by atoms with Gasteiger partial charge < -0.3 is 10.4 Å². The molecule has 2 N–H and O–H groups in total. The molecule has 0 radical (unpaired) electrons. The maximum absolute atomic E-state index is 10.9. The van der Waals surface area contributed by atoms with Gasteiger partial charge in [0.05, 0.1) is 6.07 Å². The van der Waals surface area contributed by atoms with Crippen LogP contribution >= 0.6 is 11.8 Å². The Morgan fingerprint density at radius 3 is 2.65 bits per heavy atom. The third kappa shape index (κ3) is 4.65. The Kier molecular flexibility index (Phi) is 4.82. The van der Waals surface area contributed by atoms with Crippen molar-refractivity contribution in [3.05, 3.63) is 0 Å². The van der Waals surface area contributed by atoms with Gasteiger partial charge in [-0.2, -0.15) is 17.0 Å². The molecule has 0 saturated heterocycles. The van der Waals surface area contributed by atoms with E-state index in [4.69, 9.17) is 10.4 Å². The number of nitriles is 1. The van der Waals surface area contributed by atoms with E-state index in [1.54, 1.807) is 0 Å². The first-order chi connectivity index (χ1) is 7.99. The number of amides is 1. The van der Waals surface area contributed by atoms with E-state index in [0.29, 0.717) is 12.2 Å². The van der Waals surface area contributed by atoms with Crippen molar-refractivity contribution in [1.29, 1.82) is 5.26 Å². The highest BCUT2D eigenvalue weighted by molar-refractivity contribution is 7.99. The van der Waals surface area contributed by atoms with Crippen LogP contribution in [-0.4, -0.2) is 34.5 Å². The van der Waals surface area contributed by atoms with Crippen LogP contribution in [0.5, 0.6) is 0 Å². The lowest BCUT2D eigenvalue weighted by molar-refractivity contribution is -0.140. The van der Waals surface area contributed by atoms with Crippen LogP contribution in [0.4, 0.5) is 0 Å². The molecule has 0 aliphatic heterocycles. The predicted molar refractivity (Wildman–Crippen MR) is 64.5 cm³/mol. The van der Waals surface area contributed by atoms with E-state index < -0.39 is 12.0 Å². The molecule has 1 aliphatic carbocycles. The molecule has 1 amide bonds. The number of hydrogen-bond donors (Lipinski definition) is 2. The van der Waals surface area contributed by atoms with Crippen LogP contribution in [0.1, 0.15) is 26.2 Å². The molecular formula is C11H16N2O3S. The topological polar surface area (TPSA) is 90.2 Å². The Morgan fingerprint density at radius 2 is 2.24 bits per heavy atom. The van der Waals surface area contributed by atoms with Crippen molar-refractivity contribution >= 4 is 23.6 Å². The number of carboxylic acids is 1. The number of thioether (sulfide) groups is 1. The number of aliphatic carboxylic acids is 1. The quantitative estimate of drug-likeness (QED) is 0.709. The van der Waals surface area contributed by atoms with Crippen molar-refractivity contribution in [2.45, 2.75) is 32.2 Å². The average Bonchev–Trinajstić information content (AvgIpc) is 2.96. The molecule has 1 saturated carbocycles. The van der Waals surface area contributed by atoms with Gasteiger partial charge in [0.25, 0.3) is 0 Å². The maximum Gasteiger partial charge on any atom is 0.327 e. The highest BCUT2D eigenvalue weighted by Crippen LogP contribution is 2.50. The zero-order chi connectivity index (χ0) is 12.9. The normalized spacial score (nSPS) is 17.9. The summed E-state index contributed by atoms with van der Waals surface area (Å²) in [6.45, 7) is 1.30. The second kappa shape index (κ2) is 5.92. The van der Waals surface area contributed by atoms with E-state index in [0.717, 1.165) is 18.6 Å². The van der Waals surface area contributed by atoms with Crippen LogP contribution < -0.4 is 5.32 Å². The lowest BCUT2D eigenvalue weighted by atomic mass is 10.1. The zero-order valence-electron chi connectivity index (χ0n) is 9.73. The van der Waals surface area contributed by atoms with Gasteiger partial charge in [-0.15, -0.1) is 0 Å². The van der Waals surface area contributed by atoms with Gasteiger partial charge >= 0.3 is 5.97 Å². The number of hydrogen-bond acceptors (Lipinski definition) is 4. The van der Waals surface area contributed by atoms with Gasteiger partial charge in [-0.1, -0.05) is 0 Å². The van der Waals surface area contributed by atoms with E-state index in [1.165, 1.54) is 18.7 Å². The van der Waals surface area contributed by atoms with E-state index in [9.17, 15) is 9.59 Å². The van der Waals surface area contributed by atoms with E-state index in [2.05, 4.69) is 11.4 Å². The van der Waals surface area contributed by atoms with E-state index in [1.807, 2.05) is 0 Å². The summed E-state index contributed by atoms with van der Waals surface area (Å²) in [5.74, 6) is -0.208. The highest BCUT2D eigenvalue weighted by atomic mass is 32.2. The summed E-state index contributed by atoms with van der Waals surface area (Å²) in [5, 5.41) is 19.9. The van der Waals surface area contributed by atoms with Crippen molar-refractivity contribution in [2.24, 2.45) is 5.41 Å². The molecule has 1 fully saturated rings. The number of nitrogens with one attached hydrogen (secondary N) is 1. The van der Waals surface area contributed by atoms with Gasteiger partial charge in [-0.25, -0.2) is 4.79 Å². The van der Waals surface area contributed by atoms with Crippen molar-refractivity contribution in [3.63, 3.8) is 0 Å². The SMILES string of the molecule is CC(=O)NC(CSCC1(CC#N)CC1)C(=O)O. The fraction of sp³-hybridized carbons (Fsp3) is 0.727. The van der Waals surface area contributed by atoms with Gasteiger partial charge in [0, 0.05) is 24.9 Å². The van der Waals surface area contributed by atoms with Crippen LogP contribution in [0.2, 0.25) is 0 Å². The standard InChI is InChI=1S/C11H16N2O3S/c1-8(14)13-9(10(15)16)6-17-7-11(2-3-11)4-5-12/h9H,2-4,6-7H2,1H3,(H,13,14)(H,15,16). The second-order valence-electron chi connectivity index (χ2n) is 4.44. The monoisotopic (exact) mass is 256 g/mol. The summed E-state index contributed by atoms with van der Waals surface area (Å²) in [5.41, 5.74) is 0.110. The molecule has 0 aromatic carbocycles. The highest BCUT2D eigenvalue weighted by Gasteiger charge is 2.42. The number of carboxylic acid groups (broad SMARTS) is 1. The maximum atomic E-state index is 10.9. The van der Waals surface area contributed by atoms with Gasteiger partial charge in [-0.3, -0.25) is 4.79 Å². The average molecular weight is 256 g/mol. The number of carbonyl (C=O) groups is 2. The summed E-state index contributed by atoms with van der Waals surface area (Å²) in [6.07, 6.45) is 2.63. The van der Waals surface area contributed by atoms with Gasteiger partial charge in [0.2, 0.25) is 5.91 Å². The van der Waals surface area contributed by atoms with Crippen LogP contribution in [0, 0.1) is 16.7 Å². The molecular weight excluding hydrogens is 240 g/mol. The third-order valence-corrected chi connectivity index (χ3v) is 4.17. The first kappa shape index (κ1) is 13.8. The first-order valence-electron chi connectivity index (χ1n) is 5.44. The Labute approximate surface area is 105 Å². The minimum Gasteiger partial charge on any atom is -0.480 e. The predicted octanol–water partition coefficient (Wildman–Crippen LogP) is 1.00. The fourth-order valence-electron chi connectivity index (χ4n) is 1.53. The molecule has 0 aromatic rings. The Bertz CT molecular complexity index is 347. The molecule has 0 spiro atoms. The molecule has 1 atom stereocenters. The van der Waals surface area contributed by atoms with E-state index in [-0.39, 0.29) is 11.3 Å². The molecule has 1 aliphatic rings. The minimum absolute atomic E-state index is 0.110. The van der Waals surface area contributed by atoms with Crippen LogP contribution in [0.25, 0.3) is 0 Å². The van der Waals surface area contributed by atoms with Gasteiger partial charge in [0.1, 0.15) is 6.04 Å². The molecule has 5 nitrogen and oxygen atoms in total. The summed E-state index contributed by atoms with van der Waals surface area (Å²) in [4.78, 5) is 21.7. The van der Waals surface area contributed by atoms with Crippen molar-refractivity contribution < 1.29 is 14.7 Å². The number of rotatable bonds is 7. The number of nitrogens with zero attached hydrogens (tertiary/aromatic N) is 1. The first-order valence-corrected chi connectivity index (χ1v) is 6.59. The van der Waals surface area contributed by atoms with E-state index >= 15 is 0 Å². The van der Waals surface area contributed by atoms with Crippen molar-refractivity contribution in [1.82, 2.24) is 5.32 Å². The largest absolute Gasteiger partial charge is 0.480 e. The molecule has 1 rings (SSSR count). The molecule has 0 aromatic heterocycles. The Balaban J connectivity index is 2.30. The zero-order valence-corrected chi connectivity index (χ0v) is 10.5. The summed E-state index contributed by atoms with van der Waals surface area (Å²) in [7, 11) is 0. The third-order valence-electron chi connectivity index (χ3n) is 2.78. The Morgan fingerprint density at radius 1 is 1.59 bits per heavy atom. The molecule has 94 valence electrons. The van der Waals surface area contributed by atoms with Gasteiger partial charge in [0.15, 0.2) is 0 Å². The van der Waals surface area contributed by atoms with Crippen molar-refractivity contribution in [3.8, 4) is 6.07 Å². The summed E-state index contributed by atoms with van der Waals surface area (Å²) < 4.78 is 0. The molecule has 6 heteroatoms. The molecule has 17 heavy (non-hydrogen) atoms. The Hall–Kier alpha value is -1.22. The molecule has 1 unspecified atom stereocenters. The lowest BCUT2D eigenvalue weighted by Gasteiger charge is -2.15. The molecule has 0 bridgehead atoms. The van der Waals surface area contributed by atoms with Gasteiger partial charge in [-0.05, 0) is 18.3 Å². The van der Waals surface area contributed by atoms with Crippen LogP contribution in [0.15, 0.2) is 0 Å². The second-order valence-corrected chi connectivity index (χ2v) is 5.47. The minimum atomic E-state index is -1.02. The smallest absolute Gasteiger partial charge is 0.327 e. The summed E-state index contributed by atoms with van der Waals surface area (Å²) >= 11 is 1.49. The summed E-state index contributed by atoms with van der Waals surface area (Å²) in [6, 6.07) is 1.33. The van der Waals surface area contributed by atoms with Crippen LogP contribution in [-0.2, 0) is 9.59 Å². The van der Waals surface area contributed by atoms with Crippen molar-refractivity contribution in [2.75, 3.05) is 11.5 Å². The van der Waals surface area contributed by atoms with Crippen LogP contribution in [0.3, 0.4) is 0 Å². The lowest BCUT2D eigenvalue weighted by Crippen LogP contribution is -2.41.